The Morgan fingerprint density at radius 1 is 1.02 bits per heavy atom. The van der Waals surface area contributed by atoms with Crippen molar-refractivity contribution in [3.05, 3.63) is 94.7 Å². The topological polar surface area (TPSA) is 95.5 Å². The summed E-state index contributed by atoms with van der Waals surface area (Å²) in [6.07, 6.45) is 3.39. The predicted molar refractivity (Wildman–Crippen MR) is 153 cm³/mol. The van der Waals surface area contributed by atoms with Crippen LogP contribution in [0, 0.1) is 10.1 Å². The Bertz CT molecular complexity index is 1700. The van der Waals surface area contributed by atoms with Crippen LogP contribution in [0.4, 0.5) is 10.5 Å². The number of ether oxygens (including phenoxy) is 3. The number of carbonyl (C=O) groups excluding carboxylic acids is 1. The third kappa shape index (κ3) is 4.93. The molecule has 9 nitrogen and oxygen atoms in total. The number of amides is 1. The lowest BCUT2D eigenvalue weighted by Crippen LogP contribution is -2.43. The fourth-order valence-electron chi connectivity index (χ4n) is 4.72. The van der Waals surface area contributed by atoms with E-state index in [1.54, 1.807) is 42.5 Å². The SMILES string of the molecule is COc1ccc(COC(=O)N(C)C2(COc3ccc4c(c3)sc3cc(-c5ccc([N+](=O)[O-])cc5)cn34)CC2)cc1. The fraction of sp³-hybridized carbons (Fsp3) is 0.233. The van der Waals surface area contributed by atoms with Crippen LogP contribution in [-0.2, 0) is 11.3 Å². The van der Waals surface area contributed by atoms with Gasteiger partial charge in [0.15, 0.2) is 0 Å². The van der Waals surface area contributed by atoms with Gasteiger partial charge in [0.1, 0.15) is 29.5 Å². The number of methoxy groups -OCH3 is 1. The molecule has 1 saturated carbocycles. The molecule has 40 heavy (non-hydrogen) atoms. The van der Waals surface area contributed by atoms with Gasteiger partial charge in [-0.25, -0.2) is 4.79 Å². The number of nitro groups is 1. The highest BCUT2D eigenvalue weighted by atomic mass is 32.1. The second-order valence-electron chi connectivity index (χ2n) is 9.95. The molecule has 1 amide bonds. The van der Waals surface area contributed by atoms with Gasteiger partial charge in [-0.05, 0) is 72.5 Å². The average molecular weight is 558 g/mol. The molecule has 204 valence electrons. The third-order valence-corrected chi connectivity index (χ3v) is 8.51. The van der Waals surface area contributed by atoms with E-state index in [1.807, 2.05) is 48.7 Å². The summed E-state index contributed by atoms with van der Waals surface area (Å²) >= 11 is 1.65. The number of non-ortho nitro benzene ring substituents is 1. The molecule has 1 aliphatic carbocycles. The molecule has 0 saturated heterocycles. The van der Waals surface area contributed by atoms with Gasteiger partial charge in [0.25, 0.3) is 5.69 Å². The molecule has 0 unspecified atom stereocenters. The number of thiazole rings is 1. The van der Waals surface area contributed by atoms with Crippen LogP contribution in [0.25, 0.3) is 26.2 Å². The number of aromatic nitrogens is 1. The zero-order valence-corrected chi connectivity index (χ0v) is 22.8. The van der Waals surface area contributed by atoms with E-state index in [0.29, 0.717) is 6.61 Å². The first-order chi connectivity index (χ1) is 19.3. The van der Waals surface area contributed by atoms with Crippen molar-refractivity contribution < 1.29 is 23.9 Å². The van der Waals surface area contributed by atoms with E-state index >= 15 is 0 Å². The number of hydrogen-bond acceptors (Lipinski definition) is 7. The van der Waals surface area contributed by atoms with Gasteiger partial charge in [0, 0.05) is 30.9 Å². The Labute approximate surface area is 234 Å². The largest absolute Gasteiger partial charge is 0.497 e. The molecule has 5 aromatic rings. The van der Waals surface area contributed by atoms with E-state index < -0.39 is 4.92 Å². The van der Waals surface area contributed by atoms with Crippen molar-refractivity contribution in [3.63, 3.8) is 0 Å². The van der Waals surface area contributed by atoms with Crippen LogP contribution in [0.2, 0.25) is 0 Å². The Morgan fingerprint density at radius 3 is 2.42 bits per heavy atom. The molecule has 6 rings (SSSR count). The second kappa shape index (κ2) is 10.2. The predicted octanol–water partition coefficient (Wildman–Crippen LogP) is 6.92. The van der Waals surface area contributed by atoms with Crippen LogP contribution in [0.5, 0.6) is 11.5 Å². The molecule has 0 atom stereocenters. The summed E-state index contributed by atoms with van der Waals surface area (Å²) in [5, 5.41) is 10.9. The van der Waals surface area contributed by atoms with Crippen molar-refractivity contribution in [2.75, 3.05) is 20.8 Å². The van der Waals surface area contributed by atoms with Crippen LogP contribution >= 0.6 is 11.3 Å². The summed E-state index contributed by atoms with van der Waals surface area (Å²) in [7, 11) is 3.38. The summed E-state index contributed by atoms with van der Waals surface area (Å²) in [6, 6.07) is 22.1. The van der Waals surface area contributed by atoms with E-state index in [0.717, 1.165) is 56.1 Å². The Kier molecular flexibility index (Phi) is 6.55. The lowest BCUT2D eigenvalue weighted by atomic mass is 10.1. The van der Waals surface area contributed by atoms with E-state index in [-0.39, 0.29) is 23.9 Å². The second-order valence-corrected chi connectivity index (χ2v) is 11.0. The molecule has 2 aromatic heterocycles. The first-order valence-corrected chi connectivity index (χ1v) is 13.6. The molecule has 10 heteroatoms. The van der Waals surface area contributed by atoms with Crippen molar-refractivity contribution >= 4 is 38.2 Å². The number of likely N-dealkylation sites (N-methyl/N-ethyl adjacent to an activating group) is 1. The standard InChI is InChI=1S/C30H27N3O6S/c1-31(29(34)38-18-20-3-9-24(37-2)10-4-20)30(13-14-30)19-39-25-11-12-26-27(16-25)40-28-15-22(17-32(26)28)21-5-7-23(8-6-21)33(35)36/h3-12,15-17H,13-14,18-19H2,1-2H3. The zero-order valence-electron chi connectivity index (χ0n) is 22.0. The van der Waals surface area contributed by atoms with Crippen molar-refractivity contribution in [3.8, 4) is 22.6 Å². The van der Waals surface area contributed by atoms with Crippen LogP contribution in [-0.4, -0.2) is 46.6 Å². The van der Waals surface area contributed by atoms with E-state index in [9.17, 15) is 14.9 Å². The number of nitro benzene ring substituents is 1. The van der Waals surface area contributed by atoms with Gasteiger partial charge in [0.2, 0.25) is 0 Å². The van der Waals surface area contributed by atoms with Gasteiger partial charge >= 0.3 is 6.09 Å². The number of benzene rings is 3. The maximum atomic E-state index is 12.8. The van der Waals surface area contributed by atoms with Crippen molar-refractivity contribution in [2.24, 2.45) is 0 Å². The Hall–Kier alpha value is -4.57. The van der Waals surface area contributed by atoms with Gasteiger partial charge < -0.3 is 23.5 Å². The molecule has 1 aliphatic rings. The van der Waals surface area contributed by atoms with Gasteiger partial charge in [-0.1, -0.05) is 12.1 Å². The molecule has 0 radical (unpaired) electrons. The third-order valence-electron chi connectivity index (χ3n) is 7.44. The smallest absolute Gasteiger partial charge is 0.410 e. The lowest BCUT2D eigenvalue weighted by molar-refractivity contribution is -0.384. The number of carbonyl (C=O) groups is 1. The van der Waals surface area contributed by atoms with Crippen LogP contribution in [0.1, 0.15) is 18.4 Å². The Morgan fingerprint density at radius 2 is 1.75 bits per heavy atom. The van der Waals surface area contributed by atoms with Gasteiger partial charge in [-0.2, -0.15) is 0 Å². The van der Waals surface area contributed by atoms with Crippen LogP contribution < -0.4 is 9.47 Å². The van der Waals surface area contributed by atoms with Gasteiger partial charge in [-0.3, -0.25) is 10.1 Å². The molecule has 0 bridgehead atoms. The van der Waals surface area contributed by atoms with Crippen LogP contribution in [0.3, 0.4) is 0 Å². The van der Waals surface area contributed by atoms with Crippen molar-refractivity contribution in [1.82, 2.24) is 9.30 Å². The van der Waals surface area contributed by atoms with Crippen molar-refractivity contribution in [1.29, 1.82) is 0 Å². The quantitative estimate of drug-likeness (QED) is 0.144. The molecule has 1 fully saturated rings. The molecule has 3 aromatic carbocycles. The molecule has 0 spiro atoms. The molecule has 2 heterocycles. The molecule has 0 aliphatic heterocycles. The van der Waals surface area contributed by atoms with E-state index in [1.165, 1.54) is 12.1 Å². The summed E-state index contributed by atoms with van der Waals surface area (Å²) in [6.45, 7) is 0.583. The highest BCUT2D eigenvalue weighted by Crippen LogP contribution is 2.42. The maximum absolute atomic E-state index is 12.8. The molecule has 0 N–H and O–H groups in total. The monoisotopic (exact) mass is 557 g/mol. The number of hydrogen-bond donors (Lipinski definition) is 0. The number of fused-ring (bicyclic) bond motifs is 3. The average Bonchev–Trinajstić information content (AvgIpc) is 3.54. The summed E-state index contributed by atoms with van der Waals surface area (Å²) in [4.78, 5) is 26.0. The summed E-state index contributed by atoms with van der Waals surface area (Å²) in [5.74, 6) is 1.51. The maximum Gasteiger partial charge on any atom is 0.410 e. The normalized spacial score (nSPS) is 13.8. The first-order valence-electron chi connectivity index (χ1n) is 12.8. The van der Waals surface area contributed by atoms with Gasteiger partial charge in [-0.15, -0.1) is 11.3 Å². The Balaban J connectivity index is 1.10. The number of nitrogens with zero attached hydrogens (tertiary/aromatic N) is 3. The van der Waals surface area contributed by atoms with Crippen LogP contribution in [0.15, 0.2) is 79.0 Å². The summed E-state index contributed by atoms with van der Waals surface area (Å²) < 4.78 is 20.1. The molecular weight excluding hydrogens is 530 g/mol. The first kappa shape index (κ1) is 25.7. The molecular formula is C30H27N3O6S. The van der Waals surface area contributed by atoms with E-state index in [2.05, 4.69) is 10.5 Å². The minimum absolute atomic E-state index is 0.0763. The van der Waals surface area contributed by atoms with Gasteiger partial charge in [0.05, 0.1) is 27.8 Å². The lowest BCUT2D eigenvalue weighted by Gasteiger charge is -2.27. The van der Waals surface area contributed by atoms with E-state index in [4.69, 9.17) is 14.2 Å². The van der Waals surface area contributed by atoms with Crippen molar-refractivity contribution in [2.45, 2.75) is 25.0 Å². The minimum Gasteiger partial charge on any atom is -0.497 e. The zero-order chi connectivity index (χ0) is 27.9. The summed E-state index contributed by atoms with van der Waals surface area (Å²) in [5.41, 5.74) is 3.59. The highest BCUT2D eigenvalue weighted by Gasteiger charge is 2.50. The highest BCUT2D eigenvalue weighted by molar-refractivity contribution is 7.24. The fourth-order valence-corrected chi connectivity index (χ4v) is 5.82. The minimum atomic E-state index is -0.395. The number of rotatable bonds is 9.